The maximum absolute atomic E-state index is 12.2. The van der Waals surface area contributed by atoms with Crippen molar-refractivity contribution in [3.05, 3.63) is 12.2 Å². The molecular weight excluding hydrogens is 458 g/mol. The minimum atomic E-state index is -1.41. The number of imidazole rings is 1. The molecule has 0 bridgehead atoms. The summed E-state index contributed by atoms with van der Waals surface area (Å²) in [7, 11) is 0. The average Bonchev–Trinajstić information content (AvgIpc) is 3.39. The third kappa shape index (κ3) is 5.22. The first kappa shape index (κ1) is 25.2. The summed E-state index contributed by atoms with van der Waals surface area (Å²) in [6.45, 7) is 2.66. The maximum Gasteiger partial charge on any atom is 0.308 e. The molecular formula is C22H33N7O6. The number of aromatic nitrogens is 4. The van der Waals surface area contributed by atoms with Crippen LogP contribution in [-0.4, -0.2) is 79.6 Å². The standard InChI is InChI=1S/C22H33N7O6/c1-2-25-20(32)17-15(30)16(31)21(35-17)29-10-26-14-18(24)27-13(28-19(14)29)9-11-3-5-12(6-4-11)22(33)34-8-7-23/h10-12,15-17,21,30-31H,2-9,23H2,1H3,(H,25,32)(H2,24,27,28)/t11?,12?,15?,16?,17-,21+/m0/s1. The molecule has 4 atom stereocenters. The van der Waals surface area contributed by atoms with Crippen LogP contribution in [0.15, 0.2) is 6.33 Å². The number of aliphatic hydroxyl groups is 2. The average molecular weight is 492 g/mol. The SMILES string of the molecule is CCNC(=O)[C@H]1O[C@@H](n2cnc3c(N)nc(CC4CCC(C(=O)OCCN)CC4)nc32)C(O)C1O. The van der Waals surface area contributed by atoms with Gasteiger partial charge in [0.25, 0.3) is 5.91 Å². The van der Waals surface area contributed by atoms with E-state index in [4.69, 9.17) is 20.9 Å². The topological polar surface area (TPSA) is 201 Å². The third-order valence-electron chi connectivity index (χ3n) is 6.63. The minimum Gasteiger partial charge on any atom is -0.464 e. The Balaban J connectivity index is 1.48. The Hall–Kier alpha value is -2.87. The number of likely N-dealkylation sites (N-methyl/N-ethyl adjacent to an activating group) is 1. The van der Waals surface area contributed by atoms with E-state index in [1.807, 2.05) is 0 Å². The maximum atomic E-state index is 12.2. The summed E-state index contributed by atoms with van der Waals surface area (Å²) in [4.78, 5) is 37.6. The Labute approximate surface area is 202 Å². The van der Waals surface area contributed by atoms with Gasteiger partial charge in [-0.2, -0.15) is 0 Å². The zero-order valence-electron chi connectivity index (χ0n) is 19.7. The first-order chi connectivity index (χ1) is 16.8. The normalized spacial score (nSPS) is 28.8. The van der Waals surface area contributed by atoms with Crippen LogP contribution in [0.2, 0.25) is 0 Å². The van der Waals surface area contributed by atoms with E-state index in [1.54, 1.807) is 6.92 Å². The van der Waals surface area contributed by atoms with E-state index in [0.717, 1.165) is 25.7 Å². The predicted octanol–water partition coefficient (Wildman–Crippen LogP) is -0.985. The van der Waals surface area contributed by atoms with Gasteiger partial charge in [0.05, 0.1) is 12.2 Å². The van der Waals surface area contributed by atoms with Crippen LogP contribution in [0.4, 0.5) is 5.82 Å². The van der Waals surface area contributed by atoms with Gasteiger partial charge in [0.2, 0.25) is 0 Å². The number of nitrogens with one attached hydrogen (secondary N) is 1. The van der Waals surface area contributed by atoms with Crippen LogP contribution in [0.3, 0.4) is 0 Å². The summed E-state index contributed by atoms with van der Waals surface area (Å²) in [6, 6.07) is 0. The van der Waals surface area contributed by atoms with Crippen LogP contribution in [0.25, 0.3) is 11.2 Å². The molecule has 1 aliphatic carbocycles. The second kappa shape index (κ2) is 10.8. The van der Waals surface area contributed by atoms with Crippen molar-refractivity contribution in [1.29, 1.82) is 0 Å². The van der Waals surface area contributed by atoms with Crippen LogP contribution < -0.4 is 16.8 Å². The Morgan fingerprint density at radius 3 is 2.66 bits per heavy atom. The second-order valence-electron chi connectivity index (χ2n) is 9.05. The first-order valence-electron chi connectivity index (χ1n) is 12.0. The van der Waals surface area contributed by atoms with Crippen molar-refractivity contribution in [2.75, 3.05) is 25.4 Å². The quantitative estimate of drug-likeness (QED) is 0.284. The number of esters is 1. The highest BCUT2D eigenvalue weighted by atomic mass is 16.6. The summed E-state index contributed by atoms with van der Waals surface area (Å²) in [5.41, 5.74) is 12.2. The summed E-state index contributed by atoms with van der Waals surface area (Å²) in [6.07, 6.45) is 0.00474. The number of anilines is 1. The van der Waals surface area contributed by atoms with Gasteiger partial charge >= 0.3 is 5.97 Å². The largest absolute Gasteiger partial charge is 0.464 e. The van der Waals surface area contributed by atoms with Crippen molar-refractivity contribution >= 4 is 28.9 Å². The van der Waals surface area contributed by atoms with Crippen LogP contribution in [0.5, 0.6) is 0 Å². The van der Waals surface area contributed by atoms with Crippen molar-refractivity contribution in [2.45, 2.75) is 63.6 Å². The first-order valence-corrected chi connectivity index (χ1v) is 12.0. The molecule has 13 heteroatoms. The molecule has 13 nitrogen and oxygen atoms in total. The van der Waals surface area contributed by atoms with E-state index in [0.29, 0.717) is 36.5 Å². The van der Waals surface area contributed by atoms with E-state index >= 15 is 0 Å². The highest BCUT2D eigenvalue weighted by molar-refractivity contribution is 5.83. The van der Waals surface area contributed by atoms with Gasteiger partial charge in [-0.15, -0.1) is 0 Å². The van der Waals surface area contributed by atoms with Gasteiger partial charge in [0.1, 0.15) is 30.2 Å². The van der Waals surface area contributed by atoms with Gasteiger partial charge in [-0.25, -0.2) is 15.0 Å². The van der Waals surface area contributed by atoms with Gasteiger partial charge in [-0.05, 0) is 38.5 Å². The molecule has 1 saturated heterocycles. The summed E-state index contributed by atoms with van der Waals surface area (Å²) < 4.78 is 12.3. The molecule has 1 saturated carbocycles. The van der Waals surface area contributed by atoms with E-state index in [1.165, 1.54) is 10.9 Å². The number of aliphatic hydroxyl groups excluding tert-OH is 2. The Morgan fingerprint density at radius 2 is 1.97 bits per heavy atom. The Morgan fingerprint density at radius 1 is 1.23 bits per heavy atom. The van der Waals surface area contributed by atoms with Crippen molar-refractivity contribution in [1.82, 2.24) is 24.8 Å². The zero-order chi connectivity index (χ0) is 25.1. The number of fused-ring (bicyclic) bond motifs is 1. The third-order valence-corrected chi connectivity index (χ3v) is 6.63. The molecule has 2 aliphatic rings. The lowest BCUT2D eigenvalue weighted by atomic mass is 9.80. The van der Waals surface area contributed by atoms with Gasteiger partial charge in [0, 0.05) is 19.5 Å². The molecule has 3 heterocycles. The molecule has 192 valence electrons. The van der Waals surface area contributed by atoms with Crippen molar-refractivity contribution < 1.29 is 29.3 Å². The summed E-state index contributed by atoms with van der Waals surface area (Å²) in [5.74, 6) is 0.165. The molecule has 2 aromatic heterocycles. The minimum absolute atomic E-state index is 0.113. The van der Waals surface area contributed by atoms with Gasteiger partial charge in [-0.3, -0.25) is 14.2 Å². The van der Waals surface area contributed by atoms with Crippen molar-refractivity contribution in [3.63, 3.8) is 0 Å². The molecule has 1 aliphatic heterocycles. The van der Waals surface area contributed by atoms with E-state index in [-0.39, 0.29) is 30.2 Å². The van der Waals surface area contributed by atoms with Crippen LogP contribution in [-0.2, 0) is 25.5 Å². The fourth-order valence-corrected chi connectivity index (χ4v) is 4.78. The van der Waals surface area contributed by atoms with Gasteiger partial charge in [0.15, 0.2) is 23.8 Å². The van der Waals surface area contributed by atoms with E-state index in [2.05, 4.69) is 20.3 Å². The molecule has 1 amide bonds. The fourth-order valence-electron chi connectivity index (χ4n) is 4.78. The van der Waals surface area contributed by atoms with Gasteiger partial charge in [-0.1, -0.05) is 0 Å². The summed E-state index contributed by atoms with van der Waals surface area (Å²) >= 11 is 0. The lowest BCUT2D eigenvalue weighted by Crippen LogP contribution is -2.42. The van der Waals surface area contributed by atoms with Crippen molar-refractivity contribution in [2.24, 2.45) is 17.6 Å². The molecule has 0 aromatic carbocycles. The number of rotatable bonds is 8. The molecule has 2 fully saturated rings. The fraction of sp³-hybridized carbons (Fsp3) is 0.682. The number of nitrogen functional groups attached to an aromatic ring is 1. The summed E-state index contributed by atoms with van der Waals surface area (Å²) in [5, 5.41) is 23.5. The van der Waals surface area contributed by atoms with E-state index in [9.17, 15) is 19.8 Å². The molecule has 2 aromatic rings. The lowest BCUT2D eigenvalue weighted by Gasteiger charge is -2.26. The monoisotopic (exact) mass is 491 g/mol. The van der Waals surface area contributed by atoms with Crippen LogP contribution in [0, 0.1) is 11.8 Å². The highest BCUT2D eigenvalue weighted by Crippen LogP contribution is 2.34. The lowest BCUT2D eigenvalue weighted by molar-refractivity contribution is -0.149. The number of hydrogen-bond acceptors (Lipinski definition) is 11. The Bertz CT molecular complexity index is 1050. The molecule has 2 unspecified atom stereocenters. The number of hydrogen-bond donors (Lipinski definition) is 5. The zero-order valence-corrected chi connectivity index (χ0v) is 19.7. The number of amides is 1. The number of ether oxygens (including phenoxy) is 2. The number of carbonyl (C=O) groups excluding carboxylic acids is 2. The smallest absolute Gasteiger partial charge is 0.308 e. The molecule has 0 radical (unpaired) electrons. The molecule has 0 spiro atoms. The van der Waals surface area contributed by atoms with Crippen LogP contribution in [0.1, 0.15) is 44.7 Å². The highest BCUT2D eigenvalue weighted by Gasteiger charge is 2.47. The molecule has 4 rings (SSSR count). The second-order valence-corrected chi connectivity index (χ2v) is 9.05. The van der Waals surface area contributed by atoms with E-state index < -0.39 is 30.4 Å². The van der Waals surface area contributed by atoms with Crippen LogP contribution >= 0.6 is 0 Å². The Kier molecular flexibility index (Phi) is 7.79. The van der Waals surface area contributed by atoms with Crippen molar-refractivity contribution in [3.8, 4) is 0 Å². The number of nitrogens with two attached hydrogens (primary N) is 2. The number of carbonyl (C=O) groups is 2. The van der Waals surface area contributed by atoms with Gasteiger partial charge < -0.3 is 36.5 Å². The predicted molar refractivity (Wildman–Crippen MR) is 124 cm³/mol. The number of nitrogens with zero attached hydrogens (tertiary/aromatic N) is 4. The molecule has 7 N–H and O–H groups in total. The molecule has 35 heavy (non-hydrogen) atoms.